The smallest absolute Gasteiger partial charge is 0.253 e. The molecule has 2 fully saturated rings. The Balaban J connectivity index is 0.00000192. The number of amides is 2. The van der Waals surface area contributed by atoms with Crippen LogP contribution < -0.4 is 16.4 Å². The van der Waals surface area contributed by atoms with E-state index in [0.29, 0.717) is 18.8 Å². The van der Waals surface area contributed by atoms with Crippen LogP contribution in [0.25, 0.3) is 0 Å². The Kier molecular flexibility index (Phi) is 5.62. The number of anilines is 1. The molecule has 1 aromatic rings. The summed E-state index contributed by atoms with van der Waals surface area (Å²) in [6.07, 6.45) is 2.83. The van der Waals surface area contributed by atoms with E-state index >= 15 is 0 Å². The highest BCUT2D eigenvalue weighted by Gasteiger charge is 2.45. The Morgan fingerprint density at radius 1 is 1.35 bits per heavy atom. The molecule has 0 spiro atoms. The van der Waals surface area contributed by atoms with E-state index in [9.17, 15) is 9.59 Å². The molecule has 0 bridgehead atoms. The summed E-state index contributed by atoms with van der Waals surface area (Å²) in [6.45, 7) is 1.05. The number of hydrogen-bond acceptors (Lipinski definition) is 4. The monoisotopic (exact) mass is 339 g/mol. The second-order valence-electron chi connectivity index (χ2n) is 6.03. The van der Waals surface area contributed by atoms with Gasteiger partial charge in [0.2, 0.25) is 5.91 Å². The van der Waals surface area contributed by atoms with Gasteiger partial charge in [-0.3, -0.25) is 9.59 Å². The Hall–Kier alpha value is -1.63. The van der Waals surface area contributed by atoms with Crippen molar-refractivity contribution < 1.29 is 14.3 Å². The van der Waals surface area contributed by atoms with Crippen LogP contribution in [0.15, 0.2) is 24.3 Å². The summed E-state index contributed by atoms with van der Waals surface area (Å²) < 4.78 is 5.36. The molecule has 0 aromatic heterocycles. The maximum atomic E-state index is 12.0. The van der Waals surface area contributed by atoms with Crippen molar-refractivity contribution in [2.45, 2.75) is 43.9 Å². The van der Waals surface area contributed by atoms with Gasteiger partial charge in [-0.15, -0.1) is 12.4 Å². The third kappa shape index (κ3) is 4.43. The molecule has 7 heteroatoms. The van der Waals surface area contributed by atoms with Crippen molar-refractivity contribution in [3.05, 3.63) is 29.8 Å². The van der Waals surface area contributed by atoms with Crippen molar-refractivity contribution >= 4 is 29.9 Å². The molecule has 1 aliphatic heterocycles. The molecule has 1 atom stereocenters. The number of carbonyl (C=O) groups is 2. The summed E-state index contributed by atoms with van der Waals surface area (Å²) in [5, 5.41) is 5.69. The van der Waals surface area contributed by atoms with Crippen molar-refractivity contribution in [2.75, 3.05) is 11.9 Å². The summed E-state index contributed by atoms with van der Waals surface area (Å²) in [5.41, 5.74) is 6.80. The van der Waals surface area contributed by atoms with Crippen LogP contribution in [-0.2, 0) is 20.9 Å². The van der Waals surface area contributed by atoms with Gasteiger partial charge in [-0.25, -0.2) is 0 Å². The zero-order valence-electron chi connectivity index (χ0n) is 12.8. The number of carbonyl (C=O) groups excluding carboxylic acids is 2. The van der Waals surface area contributed by atoms with Crippen LogP contribution in [0.1, 0.15) is 31.2 Å². The van der Waals surface area contributed by atoms with Gasteiger partial charge in [-0.05, 0) is 43.4 Å². The predicted molar refractivity (Wildman–Crippen MR) is 89.3 cm³/mol. The summed E-state index contributed by atoms with van der Waals surface area (Å²) in [4.78, 5) is 23.8. The van der Waals surface area contributed by atoms with Gasteiger partial charge in [0.05, 0.1) is 5.54 Å². The molecule has 2 aliphatic rings. The highest BCUT2D eigenvalue weighted by molar-refractivity contribution is 5.94. The van der Waals surface area contributed by atoms with Crippen LogP contribution >= 0.6 is 12.4 Å². The lowest BCUT2D eigenvalue weighted by Crippen LogP contribution is -2.42. The van der Waals surface area contributed by atoms with Crippen molar-refractivity contribution in [3.8, 4) is 0 Å². The minimum absolute atomic E-state index is 0. The second kappa shape index (κ2) is 7.29. The summed E-state index contributed by atoms with van der Waals surface area (Å²) in [5.74, 6) is -0.223. The van der Waals surface area contributed by atoms with E-state index in [4.69, 9.17) is 10.5 Å². The number of benzene rings is 1. The average molecular weight is 340 g/mol. The normalized spacial score (nSPS) is 21.2. The average Bonchev–Trinajstić information content (AvgIpc) is 3.05. The molecule has 126 valence electrons. The van der Waals surface area contributed by atoms with Crippen LogP contribution in [0.2, 0.25) is 0 Å². The van der Waals surface area contributed by atoms with Gasteiger partial charge in [-0.1, -0.05) is 12.1 Å². The van der Waals surface area contributed by atoms with E-state index in [1.54, 1.807) is 0 Å². The topological polar surface area (TPSA) is 93.5 Å². The summed E-state index contributed by atoms with van der Waals surface area (Å²) >= 11 is 0. The van der Waals surface area contributed by atoms with Gasteiger partial charge in [0.15, 0.2) is 0 Å². The molecule has 0 radical (unpaired) electrons. The van der Waals surface area contributed by atoms with Crippen LogP contribution in [0.5, 0.6) is 0 Å². The molecule has 1 saturated heterocycles. The van der Waals surface area contributed by atoms with Gasteiger partial charge < -0.3 is 21.1 Å². The predicted octanol–water partition coefficient (Wildman–Crippen LogP) is 1.33. The van der Waals surface area contributed by atoms with Crippen molar-refractivity contribution in [2.24, 2.45) is 5.73 Å². The Labute approximate surface area is 141 Å². The number of rotatable bonds is 5. The molecule has 2 amide bonds. The van der Waals surface area contributed by atoms with Gasteiger partial charge >= 0.3 is 0 Å². The van der Waals surface area contributed by atoms with E-state index in [1.807, 2.05) is 24.3 Å². The van der Waals surface area contributed by atoms with Crippen LogP contribution in [0, 0.1) is 0 Å². The zero-order chi connectivity index (χ0) is 15.6. The minimum Gasteiger partial charge on any atom is -0.368 e. The first-order valence-corrected chi connectivity index (χ1v) is 7.65. The molecule has 1 saturated carbocycles. The number of nitrogens with one attached hydrogen (secondary N) is 2. The largest absolute Gasteiger partial charge is 0.368 e. The molecular formula is C16H22ClN3O3. The summed E-state index contributed by atoms with van der Waals surface area (Å²) in [7, 11) is 0. The molecule has 3 rings (SSSR count). The fraction of sp³-hybridized carbons (Fsp3) is 0.500. The fourth-order valence-corrected chi connectivity index (χ4v) is 2.49. The van der Waals surface area contributed by atoms with Crippen LogP contribution in [0.3, 0.4) is 0 Å². The van der Waals surface area contributed by atoms with E-state index in [-0.39, 0.29) is 30.3 Å². The Morgan fingerprint density at radius 3 is 2.78 bits per heavy atom. The molecule has 23 heavy (non-hydrogen) atoms. The lowest BCUT2D eigenvalue weighted by molar-refractivity contribution is -0.125. The number of halogens is 1. The fourth-order valence-electron chi connectivity index (χ4n) is 2.49. The van der Waals surface area contributed by atoms with E-state index in [1.165, 1.54) is 0 Å². The van der Waals surface area contributed by atoms with Gasteiger partial charge in [0.1, 0.15) is 6.10 Å². The highest BCUT2D eigenvalue weighted by atomic mass is 35.5. The third-order valence-corrected chi connectivity index (χ3v) is 4.11. The maximum Gasteiger partial charge on any atom is 0.253 e. The van der Waals surface area contributed by atoms with Gasteiger partial charge in [-0.2, -0.15) is 0 Å². The third-order valence-electron chi connectivity index (χ3n) is 4.11. The molecule has 1 aliphatic carbocycles. The maximum absolute atomic E-state index is 12.0. The molecule has 1 unspecified atom stereocenters. The molecule has 1 aromatic carbocycles. The van der Waals surface area contributed by atoms with Crippen molar-refractivity contribution in [1.82, 2.24) is 5.32 Å². The number of ether oxygens (including phenoxy) is 1. The lowest BCUT2D eigenvalue weighted by atomic mass is 10.1. The lowest BCUT2D eigenvalue weighted by Gasteiger charge is -2.13. The van der Waals surface area contributed by atoms with Gasteiger partial charge in [0, 0.05) is 18.8 Å². The zero-order valence-corrected chi connectivity index (χ0v) is 13.7. The highest BCUT2D eigenvalue weighted by Crippen LogP contribution is 2.32. The van der Waals surface area contributed by atoms with E-state index in [2.05, 4.69) is 10.6 Å². The first-order chi connectivity index (χ1) is 10.6. The number of nitrogens with two attached hydrogens (primary N) is 1. The molecule has 4 N–H and O–H groups in total. The van der Waals surface area contributed by atoms with Crippen LogP contribution in [-0.4, -0.2) is 30.1 Å². The van der Waals surface area contributed by atoms with Crippen molar-refractivity contribution in [1.29, 1.82) is 0 Å². The first kappa shape index (κ1) is 17.7. The quantitative estimate of drug-likeness (QED) is 0.754. The van der Waals surface area contributed by atoms with Gasteiger partial charge in [0.25, 0.3) is 5.91 Å². The van der Waals surface area contributed by atoms with E-state index in [0.717, 1.165) is 31.2 Å². The Bertz CT molecular complexity index is 584. The number of hydrogen-bond donors (Lipinski definition) is 3. The van der Waals surface area contributed by atoms with E-state index < -0.39 is 5.54 Å². The Morgan fingerprint density at radius 2 is 2.13 bits per heavy atom. The minimum atomic E-state index is -0.661. The SMILES string of the molecule is Cl.NC1(C(=O)NCc2cccc(NC(=O)C3CCCO3)c2)CC1. The second-order valence-corrected chi connectivity index (χ2v) is 6.03. The molecular weight excluding hydrogens is 318 g/mol. The summed E-state index contributed by atoms with van der Waals surface area (Å²) in [6, 6.07) is 7.42. The standard InChI is InChI=1S/C16H21N3O3.ClH/c17-16(6-7-16)15(21)18-10-11-3-1-4-12(9-11)19-14(20)13-5-2-8-22-13;/h1,3-4,9,13H,2,5-8,10,17H2,(H,18,21)(H,19,20);1H. The van der Waals surface area contributed by atoms with Crippen molar-refractivity contribution in [3.63, 3.8) is 0 Å². The first-order valence-electron chi connectivity index (χ1n) is 7.65. The van der Waals surface area contributed by atoms with Crippen LogP contribution in [0.4, 0.5) is 5.69 Å². The molecule has 1 heterocycles. The molecule has 6 nitrogen and oxygen atoms in total.